The molecule has 0 N–H and O–H groups in total. The Kier molecular flexibility index (Phi) is 7.32. The molecule has 0 saturated carbocycles. The van der Waals surface area contributed by atoms with Gasteiger partial charge in [-0.05, 0) is 42.8 Å². The van der Waals surface area contributed by atoms with E-state index in [0.29, 0.717) is 40.1 Å². The van der Waals surface area contributed by atoms with E-state index < -0.39 is 0 Å². The molecule has 3 aromatic rings. The first-order valence-electron chi connectivity index (χ1n) is 11.7. The van der Waals surface area contributed by atoms with E-state index in [0.717, 1.165) is 24.9 Å². The Labute approximate surface area is 203 Å². The summed E-state index contributed by atoms with van der Waals surface area (Å²) in [5, 5.41) is 0.851. The lowest BCUT2D eigenvalue weighted by Gasteiger charge is -2.19. The van der Waals surface area contributed by atoms with Gasteiger partial charge in [0, 0.05) is 24.2 Å². The second-order valence-electron chi connectivity index (χ2n) is 8.57. The first kappa shape index (κ1) is 24.0. The quantitative estimate of drug-likeness (QED) is 0.236. The van der Waals surface area contributed by atoms with Crippen LogP contribution in [0.15, 0.2) is 41.2 Å². The molecule has 8 heteroatoms. The van der Waals surface area contributed by atoms with Crippen LogP contribution in [0.25, 0.3) is 16.6 Å². The van der Waals surface area contributed by atoms with E-state index in [2.05, 4.69) is 11.9 Å². The normalized spacial score (nSPS) is 12.0. The van der Waals surface area contributed by atoms with Crippen molar-refractivity contribution in [2.75, 3.05) is 25.1 Å². The molecule has 2 heterocycles. The lowest BCUT2D eigenvalue weighted by Crippen LogP contribution is -2.25. The fourth-order valence-corrected chi connectivity index (χ4v) is 4.34. The summed E-state index contributed by atoms with van der Waals surface area (Å²) in [5.74, 6) is -0.411. The molecule has 4 rings (SSSR count). The molecule has 0 bridgehead atoms. The van der Waals surface area contributed by atoms with Crippen LogP contribution in [0.3, 0.4) is 0 Å². The average Bonchev–Trinajstić information content (AvgIpc) is 3.10. The van der Waals surface area contributed by atoms with Gasteiger partial charge in [-0.2, -0.15) is 0 Å². The molecule has 0 spiro atoms. The maximum atomic E-state index is 13.2. The van der Waals surface area contributed by atoms with Crippen LogP contribution in [0.2, 0.25) is 5.02 Å². The fraction of sp³-hybridized carbons (Fsp3) is 0.385. The highest BCUT2D eigenvalue weighted by Crippen LogP contribution is 2.29. The number of rotatable bonds is 10. The third kappa shape index (κ3) is 4.85. The summed E-state index contributed by atoms with van der Waals surface area (Å²) < 4.78 is 6.71. The van der Waals surface area contributed by atoms with Gasteiger partial charge in [-0.15, -0.1) is 0 Å². The number of ketones is 1. The molecule has 0 aliphatic carbocycles. The van der Waals surface area contributed by atoms with Crippen molar-refractivity contribution < 1.29 is 14.3 Å². The lowest BCUT2D eigenvalue weighted by atomic mass is 10.1. The van der Waals surface area contributed by atoms with E-state index in [1.165, 1.54) is 17.4 Å². The van der Waals surface area contributed by atoms with Crippen LogP contribution >= 0.6 is 11.6 Å². The Bertz CT molecular complexity index is 1300. The number of aromatic nitrogens is 2. The fourth-order valence-electron chi connectivity index (χ4n) is 4.16. The lowest BCUT2D eigenvalue weighted by molar-refractivity contribution is -0.143. The highest BCUT2D eigenvalue weighted by atomic mass is 35.5. The van der Waals surface area contributed by atoms with Crippen molar-refractivity contribution in [2.24, 2.45) is 0 Å². The zero-order valence-corrected chi connectivity index (χ0v) is 20.2. The van der Waals surface area contributed by atoms with Crippen LogP contribution in [0, 0.1) is 0 Å². The Hall–Kier alpha value is -3.19. The van der Waals surface area contributed by atoms with Crippen LogP contribution in [-0.4, -0.2) is 41.5 Å². The van der Waals surface area contributed by atoms with Gasteiger partial charge >= 0.3 is 5.97 Å². The largest absolute Gasteiger partial charge is 0.464 e. The molecule has 1 aliphatic rings. The molecule has 0 fully saturated rings. The van der Waals surface area contributed by atoms with Gasteiger partial charge < -0.3 is 9.64 Å². The van der Waals surface area contributed by atoms with E-state index in [1.54, 1.807) is 30.3 Å². The molecule has 0 radical (unpaired) electrons. The van der Waals surface area contributed by atoms with E-state index in [9.17, 15) is 14.4 Å². The standard InChI is InChI=1S/C26H28ClN3O4/c1-3-4-5-6-7-8-23(31)34-14-13-29(2)18-10-11-19-21(16-18)28-25-24(32)20-15-17(27)9-12-22(20)30(25)26(19)33/h9-12,15-16H,3-8,13-14H2,1-2H3. The van der Waals surface area contributed by atoms with Gasteiger partial charge in [-0.25, -0.2) is 4.98 Å². The molecule has 0 atom stereocenters. The summed E-state index contributed by atoms with van der Waals surface area (Å²) in [6.45, 7) is 2.94. The van der Waals surface area contributed by atoms with Gasteiger partial charge in [0.15, 0.2) is 5.82 Å². The number of fused-ring (bicyclic) bond motifs is 4. The zero-order chi connectivity index (χ0) is 24.2. The number of benzene rings is 2. The molecular formula is C26H28ClN3O4. The number of unbranched alkanes of at least 4 members (excludes halogenated alkanes) is 4. The van der Waals surface area contributed by atoms with Crippen LogP contribution in [-0.2, 0) is 9.53 Å². The molecule has 7 nitrogen and oxygen atoms in total. The van der Waals surface area contributed by atoms with Crippen LogP contribution in [0.1, 0.15) is 61.6 Å². The van der Waals surface area contributed by atoms with Crippen molar-refractivity contribution >= 4 is 39.9 Å². The number of anilines is 1. The van der Waals surface area contributed by atoms with Crippen molar-refractivity contribution in [1.82, 2.24) is 9.55 Å². The van der Waals surface area contributed by atoms with Crippen LogP contribution in [0.4, 0.5) is 5.69 Å². The first-order valence-corrected chi connectivity index (χ1v) is 12.1. The number of hydrogen-bond donors (Lipinski definition) is 0. The van der Waals surface area contributed by atoms with Crippen molar-refractivity contribution in [3.05, 3.63) is 63.2 Å². The van der Waals surface area contributed by atoms with E-state index in [1.807, 2.05) is 18.0 Å². The number of esters is 1. The monoisotopic (exact) mass is 481 g/mol. The molecule has 0 saturated heterocycles. The van der Waals surface area contributed by atoms with Gasteiger partial charge in [-0.1, -0.05) is 44.2 Å². The molecule has 0 amide bonds. The van der Waals surface area contributed by atoms with Crippen LogP contribution in [0.5, 0.6) is 0 Å². The third-order valence-electron chi connectivity index (χ3n) is 6.12. The van der Waals surface area contributed by atoms with E-state index in [-0.39, 0.29) is 29.7 Å². The van der Waals surface area contributed by atoms with Crippen molar-refractivity contribution in [2.45, 2.75) is 45.4 Å². The van der Waals surface area contributed by atoms with Gasteiger partial charge in [-0.3, -0.25) is 19.0 Å². The number of ether oxygens (including phenoxy) is 1. The minimum Gasteiger partial charge on any atom is -0.464 e. The van der Waals surface area contributed by atoms with Crippen LogP contribution < -0.4 is 10.5 Å². The molecule has 1 aliphatic heterocycles. The summed E-state index contributed by atoms with van der Waals surface area (Å²) in [4.78, 5) is 44.4. The van der Waals surface area contributed by atoms with Crippen molar-refractivity contribution in [3.63, 3.8) is 0 Å². The van der Waals surface area contributed by atoms with E-state index >= 15 is 0 Å². The predicted molar refractivity (Wildman–Crippen MR) is 133 cm³/mol. The summed E-state index contributed by atoms with van der Waals surface area (Å²) in [7, 11) is 1.88. The number of halogens is 1. The summed E-state index contributed by atoms with van der Waals surface area (Å²) in [5.41, 5.74) is 1.83. The summed E-state index contributed by atoms with van der Waals surface area (Å²) >= 11 is 6.04. The van der Waals surface area contributed by atoms with Gasteiger partial charge in [0.1, 0.15) is 6.61 Å². The molecule has 178 valence electrons. The maximum Gasteiger partial charge on any atom is 0.305 e. The van der Waals surface area contributed by atoms with Gasteiger partial charge in [0.05, 0.1) is 28.7 Å². The summed E-state index contributed by atoms with van der Waals surface area (Å²) in [6, 6.07) is 10.2. The molecular weight excluding hydrogens is 454 g/mol. The van der Waals surface area contributed by atoms with Gasteiger partial charge in [0.2, 0.25) is 5.78 Å². The Balaban J connectivity index is 1.44. The zero-order valence-electron chi connectivity index (χ0n) is 19.5. The van der Waals surface area contributed by atoms with Crippen molar-refractivity contribution in [1.29, 1.82) is 0 Å². The third-order valence-corrected chi connectivity index (χ3v) is 6.35. The minimum absolute atomic E-state index is 0.0856. The second-order valence-corrected chi connectivity index (χ2v) is 9.01. The average molecular weight is 482 g/mol. The predicted octanol–water partition coefficient (Wildman–Crippen LogP) is 4.92. The number of nitrogens with zero attached hydrogens (tertiary/aromatic N) is 3. The number of carbonyl (C=O) groups is 2. The SMILES string of the molecule is CCCCCCCC(=O)OCCN(C)c1ccc2c(=O)n3c(nc2c1)C(=O)c1cc(Cl)ccc1-3. The Morgan fingerprint density at radius 1 is 1.09 bits per heavy atom. The topological polar surface area (TPSA) is 81.5 Å². The first-order chi connectivity index (χ1) is 16.4. The van der Waals surface area contributed by atoms with Gasteiger partial charge in [0.25, 0.3) is 5.56 Å². The molecule has 1 aromatic heterocycles. The molecule has 34 heavy (non-hydrogen) atoms. The highest BCUT2D eigenvalue weighted by Gasteiger charge is 2.30. The number of likely N-dealkylation sites (N-methyl/N-ethyl adjacent to an activating group) is 1. The Morgan fingerprint density at radius 2 is 1.88 bits per heavy atom. The smallest absolute Gasteiger partial charge is 0.305 e. The number of carbonyl (C=O) groups excluding carboxylic acids is 2. The number of hydrogen-bond acceptors (Lipinski definition) is 6. The highest BCUT2D eigenvalue weighted by molar-refractivity contribution is 6.31. The summed E-state index contributed by atoms with van der Waals surface area (Å²) in [6.07, 6.45) is 5.89. The van der Waals surface area contributed by atoms with Crippen molar-refractivity contribution in [3.8, 4) is 5.69 Å². The second kappa shape index (κ2) is 10.4. The Morgan fingerprint density at radius 3 is 2.68 bits per heavy atom. The minimum atomic E-state index is -0.322. The molecule has 0 unspecified atom stereocenters. The maximum absolute atomic E-state index is 13.2. The molecule has 2 aromatic carbocycles. The van der Waals surface area contributed by atoms with E-state index in [4.69, 9.17) is 16.3 Å².